The van der Waals surface area contributed by atoms with E-state index in [-0.39, 0.29) is 11.5 Å². The summed E-state index contributed by atoms with van der Waals surface area (Å²) in [6.45, 7) is 0. The molecule has 0 spiro atoms. The standard InChI is InChI=1S/C32H28N2O4S2/c35-39(36,28-7-3-1-4-8-28)20-17-24-11-14-31-27(21-24)16-19-34(31)32(23-40(37,38)29-9-5-2-6-10-29)26-12-13-30-25(22-26)15-18-33-30/h1-16,18-19,21-22,32-33H,17,20,23H2. The summed E-state index contributed by atoms with van der Waals surface area (Å²) >= 11 is 0. The third kappa shape index (κ3) is 5.20. The van der Waals surface area contributed by atoms with E-state index < -0.39 is 25.7 Å². The molecule has 40 heavy (non-hydrogen) atoms. The van der Waals surface area contributed by atoms with Crippen LogP contribution >= 0.6 is 0 Å². The highest BCUT2D eigenvalue weighted by Crippen LogP contribution is 2.31. The summed E-state index contributed by atoms with van der Waals surface area (Å²) in [5, 5.41) is 1.94. The van der Waals surface area contributed by atoms with Crippen LogP contribution in [0.2, 0.25) is 0 Å². The second-order valence-corrected chi connectivity index (χ2v) is 14.1. The van der Waals surface area contributed by atoms with Crippen molar-refractivity contribution in [1.82, 2.24) is 9.55 Å². The van der Waals surface area contributed by atoms with Gasteiger partial charge < -0.3 is 9.55 Å². The molecule has 1 unspecified atom stereocenters. The molecule has 0 fully saturated rings. The maximum Gasteiger partial charge on any atom is 0.180 e. The number of aryl methyl sites for hydroxylation is 1. The smallest absolute Gasteiger partial charge is 0.180 e. The average molecular weight is 569 g/mol. The molecule has 6 rings (SSSR count). The van der Waals surface area contributed by atoms with Gasteiger partial charge in [0.25, 0.3) is 0 Å². The molecule has 4 aromatic carbocycles. The second kappa shape index (κ2) is 10.4. The summed E-state index contributed by atoms with van der Waals surface area (Å²) in [5.41, 5.74) is 3.67. The quantitative estimate of drug-likeness (QED) is 0.225. The number of fused-ring (bicyclic) bond motifs is 2. The number of H-pyrrole nitrogens is 1. The van der Waals surface area contributed by atoms with E-state index in [9.17, 15) is 16.8 Å². The summed E-state index contributed by atoms with van der Waals surface area (Å²) in [6.07, 6.45) is 4.17. The number of hydrogen-bond donors (Lipinski definition) is 1. The topological polar surface area (TPSA) is 89.0 Å². The number of hydrogen-bond acceptors (Lipinski definition) is 4. The number of benzene rings is 4. The minimum Gasteiger partial charge on any atom is -0.361 e. The van der Waals surface area contributed by atoms with Gasteiger partial charge in [0, 0.05) is 23.4 Å². The van der Waals surface area contributed by atoms with E-state index in [1.807, 2.05) is 65.5 Å². The van der Waals surface area contributed by atoms with E-state index in [0.717, 1.165) is 32.9 Å². The molecule has 0 bridgehead atoms. The highest BCUT2D eigenvalue weighted by atomic mass is 32.2. The highest BCUT2D eigenvalue weighted by Gasteiger charge is 2.25. The molecule has 1 atom stereocenters. The predicted molar refractivity (Wildman–Crippen MR) is 159 cm³/mol. The van der Waals surface area contributed by atoms with Gasteiger partial charge in [0.05, 0.1) is 27.3 Å². The van der Waals surface area contributed by atoms with Crippen molar-refractivity contribution in [2.24, 2.45) is 0 Å². The SMILES string of the molecule is O=S(=O)(CCc1ccc2c(ccn2C(CS(=O)(=O)c2ccccc2)c2ccc3[nH]ccc3c2)c1)c1ccccc1. The Hall–Kier alpha value is -4.14. The number of aromatic nitrogens is 2. The average Bonchev–Trinajstić information content (AvgIpc) is 3.62. The Balaban J connectivity index is 1.35. The third-order valence-electron chi connectivity index (χ3n) is 7.32. The van der Waals surface area contributed by atoms with Crippen molar-refractivity contribution in [2.75, 3.05) is 11.5 Å². The molecule has 0 aliphatic heterocycles. The lowest BCUT2D eigenvalue weighted by Gasteiger charge is -2.21. The fraction of sp³-hybridized carbons (Fsp3) is 0.125. The van der Waals surface area contributed by atoms with Crippen molar-refractivity contribution in [3.05, 3.63) is 133 Å². The Bertz CT molecular complexity index is 2010. The van der Waals surface area contributed by atoms with Crippen molar-refractivity contribution in [3.63, 3.8) is 0 Å². The fourth-order valence-corrected chi connectivity index (χ4v) is 8.03. The number of rotatable bonds is 9. The van der Waals surface area contributed by atoms with Gasteiger partial charge in [-0.2, -0.15) is 0 Å². The monoisotopic (exact) mass is 568 g/mol. The van der Waals surface area contributed by atoms with Crippen LogP contribution in [0.25, 0.3) is 21.8 Å². The minimum absolute atomic E-state index is 0.0118. The lowest BCUT2D eigenvalue weighted by atomic mass is 10.1. The molecule has 202 valence electrons. The summed E-state index contributed by atoms with van der Waals surface area (Å²) in [6, 6.07) is 32.3. The Labute approximate surface area is 233 Å². The maximum absolute atomic E-state index is 13.5. The molecule has 0 saturated carbocycles. The van der Waals surface area contributed by atoms with Crippen LogP contribution in [0.4, 0.5) is 0 Å². The molecule has 8 heteroatoms. The van der Waals surface area contributed by atoms with Crippen molar-refractivity contribution in [3.8, 4) is 0 Å². The van der Waals surface area contributed by atoms with Gasteiger partial charge in [-0.05, 0) is 89.0 Å². The number of aromatic amines is 1. The predicted octanol–water partition coefficient (Wildman–Crippen LogP) is 6.20. The summed E-state index contributed by atoms with van der Waals surface area (Å²) < 4.78 is 54.6. The maximum atomic E-state index is 13.5. The first kappa shape index (κ1) is 26.1. The lowest BCUT2D eigenvalue weighted by Crippen LogP contribution is -2.21. The second-order valence-electron chi connectivity index (χ2n) is 9.93. The van der Waals surface area contributed by atoms with E-state index >= 15 is 0 Å². The first-order valence-corrected chi connectivity index (χ1v) is 16.3. The zero-order valence-corrected chi connectivity index (χ0v) is 23.3. The first-order chi connectivity index (χ1) is 19.3. The van der Waals surface area contributed by atoms with E-state index in [1.165, 1.54) is 0 Å². The molecule has 0 amide bonds. The van der Waals surface area contributed by atoms with Gasteiger partial charge in [-0.15, -0.1) is 0 Å². The zero-order chi connectivity index (χ0) is 27.7. The van der Waals surface area contributed by atoms with Gasteiger partial charge in [-0.25, -0.2) is 16.8 Å². The van der Waals surface area contributed by atoms with Crippen LogP contribution in [0.5, 0.6) is 0 Å². The Morgan fingerprint density at radius 1 is 0.675 bits per heavy atom. The molecule has 2 aromatic heterocycles. The lowest BCUT2D eigenvalue weighted by molar-refractivity contribution is 0.576. The molecular formula is C32H28N2O4S2. The summed E-state index contributed by atoms with van der Waals surface area (Å²) in [4.78, 5) is 3.81. The van der Waals surface area contributed by atoms with Crippen LogP contribution in [-0.4, -0.2) is 37.9 Å². The van der Waals surface area contributed by atoms with Crippen LogP contribution < -0.4 is 0 Å². The van der Waals surface area contributed by atoms with Crippen molar-refractivity contribution < 1.29 is 16.8 Å². The number of sulfone groups is 2. The molecule has 6 aromatic rings. The Kier molecular flexibility index (Phi) is 6.82. The van der Waals surface area contributed by atoms with Gasteiger partial charge in [-0.1, -0.05) is 48.5 Å². The third-order valence-corrected chi connectivity index (χ3v) is 10.8. The van der Waals surface area contributed by atoms with Crippen molar-refractivity contribution in [2.45, 2.75) is 22.3 Å². The van der Waals surface area contributed by atoms with Gasteiger partial charge in [0.2, 0.25) is 0 Å². The van der Waals surface area contributed by atoms with Crippen LogP contribution in [0.15, 0.2) is 131 Å². The Morgan fingerprint density at radius 2 is 1.38 bits per heavy atom. The van der Waals surface area contributed by atoms with Crippen molar-refractivity contribution in [1.29, 1.82) is 0 Å². The molecule has 0 aliphatic carbocycles. The van der Waals surface area contributed by atoms with Crippen LogP contribution in [0.1, 0.15) is 17.2 Å². The van der Waals surface area contributed by atoms with Crippen LogP contribution in [0.3, 0.4) is 0 Å². The normalized spacial score (nSPS) is 13.1. The van der Waals surface area contributed by atoms with Gasteiger partial charge >= 0.3 is 0 Å². The fourth-order valence-electron chi connectivity index (χ4n) is 5.19. The van der Waals surface area contributed by atoms with E-state index in [0.29, 0.717) is 16.2 Å². The van der Waals surface area contributed by atoms with E-state index in [4.69, 9.17) is 0 Å². The van der Waals surface area contributed by atoms with Gasteiger partial charge in [0.15, 0.2) is 19.7 Å². The molecule has 0 saturated heterocycles. The summed E-state index contributed by atoms with van der Waals surface area (Å²) in [7, 11) is -6.99. The van der Waals surface area contributed by atoms with Crippen molar-refractivity contribution >= 4 is 41.5 Å². The number of nitrogens with zero attached hydrogens (tertiary/aromatic N) is 1. The molecule has 1 N–H and O–H groups in total. The molecular weight excluding hydrogens is 540 g/mol. The first-order valence-electron chi connectivity index (χ1n) is 13.0. The van der Waals surface area contributed by atoms with E-state index in [2.05, 4.69) is 4.98 Å². The van der Waals surface area contributed by atoms with Gasteiger partial charge in [0.1, 0.15) is 0 Å². The molecule has 0 radical (unpaired) electrons. The van der Waals surface area contributed by atoms with E-state index in [1.54, 1.807) is 60.7 Å². The van der Waals surface area contributed by atoms with Crippen LogP contribution in [0, 0.1) is 0 Å². The molecule has 2 heterocycles. The summed E-state index contributed by atoms with van der Waals surface area (Å²) in [5.74, 6) is -0.0916. The zero-order valence-electron chi connectivity index (χ0n) is 21.6. The van der Waals surface area contributed by atoms with Crippen LogP contribution in [-0.2, 0) is 26.1 Å². The number of nitrogens with one attached hydrogen (secondary N) is 1. The molecule has 6 nitrogen and oxygen atoms in total. The minimum atomic E-state index is -3.60. The largest absolute Gasteiger partial charge is 0.361 e. The molecule has 0 aliphatic rings. The Morgan fingerprint density at radius 3 is 2.10 bits per heavy atom. The van der Waals surface area contributed by atoms with Gasteiger partial charge in [-0.3, -0.25) is 0 Å². The highest BCUT2D eigenvalue weighted by molar-refractivity contribution is 7.91.